The van der Waals surface area contributed by atoms with Gasteiger partial charge in [0.2, 0.25) is 0 Å². The number of carbonyl (C=O) groups is 7. The van der Waals surface area contributed by atoms with Crippen LogP contribution in [0.25, 0.3) is 0 Å². The minimum atomic E-state index is -2.09. The van der Waals surface area contributed by atoms with Crippen LogP contribution >= 0.6 is 0 Å². The number of fused-ring (bicyclic) bond motifs is 2. The number of Topliss-reactive ketones (excluding diaryl/α,β-unsaturated/α-hetero) is 1. The highest BCUT2D eigenvalue weighted by molar-refractivity contribution is 5.93. The van der Waals surface area contributed by atoms with Crippen molar-refractivity contribution in [2.75, 3.05) is 0 Å². The van der Waals surface area contributed by atoms with Gasteiger partial charge in [0, 0.05) is 51.0 Å². The maximum atomic E-state index is 15.0. The molecule has 3 aliphatic rings. The highest BCUT2D eigenvalue weighted by atomic mass is 16.6. The lowest BCUT2D eigenvalue weighted by Crippen LogP contribution is -2.60. The molecule has 0 radical (unpaired) electrons. The summed E-state index contributed by atoms with van der Waals surface area (Å²) in [6.07, 6.45) is -9.79. The van der Waals surface area contributed by atoms with Crippen molar-refractivity contribution in [3.8, 4) is 0 Å². The average molecular weight is 777 g/mol. The van der Waals surface area contributed by atoms with Crippen molar-refractivity contribution in [3.63, 3.8) is 0 Å². The van der Waals surface area contributed by atoms with Crippen LogP contribution in [0.15, 0.2) is 72.8 Å². The van der Waals surface area contributed by atoms with Crippen LogP contribution in [0.1, 0.15) is 82.5 Å². The summed E-state index contributed by atoms with van der Waals surface area (Å²) < 4.78 is 42.5. The second-order valence-electron chi connectivity index (χ2n) is 15.3. The molecular weight excluding hydrogens is 728 g/mol. The predicted octanol–water partition coefficient (Wildman–Crippen LogP) is 4.76. The van der Waals surface area contributed by atoms with Gasteiger partial charge in [-0.2, -0.15) is 0 Å². The molecule has 14 nitrogen and oxygen atoms in total. The first kappa shape index (κ1) is 41.8. The monoisotopic (exact) mass is 776 g/mol. The quantitative estimate of drug-likeness (QED) is 0.155. The molecule has 0 N–H and O–H groups in total. The van der Waals surface area contributed by atoms with E-state index in [-0.39, 0.29) is 23.1 Å². The molecule has 1 saturated heterocycles. The van der Waals surface area contributed by atoms with Crippen LogP contribution in [0.4, 0.5) is 0 Å². The highest BCUT2D eigenvalue weighted by Gasteiger charge is 2.69. The molecule has 0 aromatic heterocycles. The number of ketones is 1. The van der Waals surface area contributed by atoms with Crippen molar-refractivity contribution < 1.29 is 66.7 Å². The van der Waals surface area contributed by atoms with Crippen LogP contribution in [0.2, 0.25) is 0 Å². The zero-order valence-corrected chi connectivity index (χ0v) is 32.7. The highest BCUT2D eigenvalue weighted by Crippen LogP contribution is 2.54. The molecule has 0 spiro atoms. The molecule has 56 heavy (non-hydrogen) atoms. The summed E-state index contributed by atoms with van der Waals surface area (Å²) >= 11 is 0. The average Bonchev–Trinajstić information content (AvgIpc) is 3.91. The van der Waals surface area contributed by atoms with Gasteiger partial charge in [0.15, 0.2) is 29.7 Å². The van der Waals surface area contributed by atoms with Gasteiger partial charge in [0.25, 0.3) is 0 Å². The van der Waals surface area contributed by atoms with Crippen molar-refractivity contribution in [2.24, 2.45) is 23.2 Å². The molecule has 2 saturated carbocycles. The lowest BCUT2D eigenvalue weighted by atomic mass is 9.69. The maximum absolute atomic E-state index is 15.0. The first-order valence-corrected chi connectivity index (χ1v) is 18.4. The van der Waals surface area contributed by atoms with Gasteiger partial charge in [-0.3, -0.25) is 24.0 Å². The topological polar surface area (TPSA) is 187 Å². The Morgan fingerprint density at radius 2 is 1.18 bits per heavy atom. The molecule has 14 heteroatoms. The fourth-order valence-corrected chi connectivity index (χ4v) is 8.33. The van der Waals surface area contributed by atoms with E-state index >= 15 is 4.79 Å². The van der Waals surface area contributed by atoms with Crippen LogP contribution < -0.4 is 0 Å². The Bertz CT molecular complexity index is 1870. The Hall–Kier alpha value is -5.37. The third kappa shape index (κ3) is 8.40. The van der Waals surface area contributed by atoms with Crippen molar-refractivity contribution in [1.29, 1.82) is 0 Å². The Balaban J connectivity index is 1.82. The van der Waals surface area contributed by atoms with E-state index in [1.165, 1.54) is 24.3 Å². The number of hydrogen-bond donors (Lipinski definition) is 0. The van der Waals surface area contributed by atoms with E-state index in [0.717, 1.165) is 27.7 Å². The Labute approximate surface area is 325 Å². The van der Waals surface area contributed by atoms with Crippen molar-refractivity contribution in [3.05, 3.63) is 83.9 Å². The summed E-state index contributed by atoms with van der Waals surface area (Å²) in [7, 11) is 0. The largest absolute Gasteiger partial charge is 0.462 e. The minimum Gasteiger partial charge on any atom is -0.462 e. The van der Waals surface area contributed by atoms with Gasteiger partial charge in [-0.25, -0.2) is 9.59 Å². The van der Waals surface area contributed by atoms with E-state index in [2.05, 4.69) is 6.58 Å². The number of rotatable bonds is 8. The fraction of sp³-hybridized carbons (Fsp3) is 0.500. The molecule has 0 bridgehead atoms. The van der Waals surface area contributed by atoms with Crippen LogP contribution in [-0.4, -0.2) is 89.9 Å². The number of hydrogen-bond acceptors (Lipinski definition) is 14. The first-order chi connectivity index (χ1) is 26.3. The third-order valence-electron chi connectivity index (χ3n) is 10.8. The minimum absolute atomic E-state index is 0.0986. The second kappa shape index (κ2) is 16.4. The van der Waals surface area contributed by atoms with Gasteiger partial charge in [-0.05, 0) is 30.2 Å². The molecule has 0 unspecified atom stereocenters. The van der Waals surface area contributed by atoms with E-state index in [4.69, 9.17) is 33.2 Å². The summed E-state index contributed by atoms with van der Waals surface area (Å²) in [4.78, 5) is 94.8. The zero-order valence-electron chi connectivity index (χ0n) is 32.7. The van der Waals surface area contributed by atoms with E-state index in [9.17, 15) is 28.8 Å². The zero-order chi connectivity index (χ0) is 41.3. The Morgan fingerprint density at radius 1 is 0.679 bits per heavy atom. The van der Waals surface area contributed by atoms with Gasteiger partial charge >= 0.3 is 35.8 Å². The number of carbonyl (C=O) groups excluding carboxylic acids is 7. The van der Waals surface area contributed by atoms with E-state index < -0.39 is 113 Å². The van der Waals surface area contributed by atoms with Gasteiger partial charge in [0.1, 0.15) is 12.2 Å². The molecule has 2 aromatic rings. The van der Waals surface area contributed by atoms with E-state index in [1.807, 2.05) is 0 Å². The van der Waals surface area contributed by atoms with Crippen molar-refractivity contribution in [1.82, 2.24) is 0 Å². The third-order valence-corrected chi connectivity index (χ3v) is 10.8. The van der Waals surface area contributed by atoms with Crippen LogP contribution in [-0.2, 0) is 57.1 Å². The summed E-state index contributed by atoms with van der Waals surface area (Å²) in [6, 6.07) is 15.9. The number of ether oxygens (including phenoxy) is 7. The second-order valence-corrected chi connectivity index (χ2v) is 15.3. The van der Waals surface area contributed by atoms with Gasteiger partial charge in [-0.1, -0.05) is 70.7 Å². The first-order valence-electron chi connectivity index (χ1n) is 18.4. The fourth-order valence-electron chi connectivity index (χ4n) is 8.33. The maximum Gasteiger partial charge on any atom is 0.338 e. The lowest BCUT2D eigenvalue weighted by Gasteiger charge is -2.45. The predicted molar refractivity (Wildman–Crippen MR) is 195 cm³/mol. The summed E-state index contributed by atoms with van der Waals surface area (Å²) in [5.41, 5.74) is -3.42. The molecule has 2 aromatic carbocycles. The van der Waals surface area contributed by atoms with E-state index in [1.54, 1.807) is 64.1 Å². The van der Waals surface area contributed by atoms with Crippen LogP contribution in [0.5, 0.6) is 0 Å². The molecular formula is C42H48O14. The molecule has 1 aliphatic heterocycles. The molecule has 1 heterocycles. The standard InChI is InChI=1S/C42H48O14/c1-21-20-42(56-27(7)46)30(31(21)50-24(4)43)32(51-25(5)44)22(2)33(52-26(6)45)35(54-39(48)28-16-12-10-13-17-28)38(55-40(49)29-18-14-11-15-19-29)41(8,9)37-34(53-37)23(3)36(42)47/h10-19,21,23,30-35,37-38H,2,20H2,1,3-9H3/t21-,23-,30+,31-,32-,33-,34+,35+,37-,38+,42+/m0/s1. The van der Waals surface area contributed by atoms with Gasteiger partial charge < -0.3 is 33.2 Å². The molecule has 300 valence electrons. The number of esters is 6. The summed E-state index contributed by atoms with van der Waals surface area (Å²) in [5.74, 6) is -8.85. The molecule has 0 amide bonds. The van der Waals surface area contributed by atoms with Crippen molar-refractivity contribution >= 4 is 41.6 Å². The summed E-state index contributed by atoms with van der Waals surface area (Å²) in [6.45, 7) is 15.3. The van der Waals surface area contributed by atoms with Crippen molar-refractivity contribution in [2.45, 2.75) is 110 Å². The molecule has 2 aliphatic carbocycles. The molecule has 3 fully saturated rings. The lowest BCUT2D eigenvalue weighted by molar-refractivity contribution is -0.188. The summed E-state index contributed by atoms with van der Waals surface area (Å²) in [5, 5.41) is 0. The van der Waals surface area contributed by atoms with E-state index in [0.29, 0.717) is 0 Å². The SMILES string of the molecule is C=C1[C@H](OC(C)=O)[C@@H](OC(=O)c2ccccc2)[C@@H](OC(=O)c2ccccc2)C(C)(C)[C@H]2O[C@@H]2[C@H](C)C(=O)[C@@]2(OC(C)=O)C[C@H](C)[C@H](OC(C)=O)[C@@H]2[C@H]1OC(C)=O. The Kier molecular flexibility index (Phi) is 12.2. The van der Waals surface area contributed by atoms with Crippen LogP contribution in [0, 0.1) is 23.2 Å². The Morgan fingerprint density at radius 3 is 1.68 bits per heavy atom. The molecule has 11 atom stereocenters. The molecule has 5 rings (SSSR count). The van der Waals surface area contributed by atoms with Gasteiger partial charge in [0.05, 0.1) is 29.3 Å². The number of benzene rings is 2. The number of epoxide rings is 1. The van der Waals surface area contributed by atoms with Gasteiger partial charge in [-0.15, -0.1) is 0 Å². The van der Waals surface area contributed by atoms with Crippen LogP contribution in [0.3, 0.4) is 0 Å². The smallest absolute Gasteiger partial charge is 0.338 e. The normalized spacial score (nSPS) is 32.1.